The molecule has 0 aliphatic rings. The molecule has 0 atom stereocenters. The summed E-state index contributed by atoms with van der Waals surface area (Å²) in [4.78, 5) is 23.4. The fourth-order valence-electron chi connectivity index (χ4n) is 2.48. The summed E-state index contributed by atoms with van der Waals surface area (Å²) in [6.07, 6.45) is 0. The molecule has 0 unspecified atom stereocenters. The van der Waals surface area contributed by atoms with Gasteiger partial charge in [-0.05, 0) is 36.4 Å². The summed E-state index contributed by atoms with van der Waals surface area (Å²) >= 11 is 0. The van der Waals surface area contributed by atoms with E-state index >= 15 is 0 Å². The van der Waals surface area contributed by atoms with Gasteiger partial charge in [-0.3, -0.25) is 9.10 Å². The van der Waals surface area contributed by atoms with E-state index in [-0.39, 0.29) is 21.9 Å². The Bertz CT molecular complexity index is 986. The van der Waals surface area contributed by atoms with Crippen molar-refractivity contribution in [3.05, 3.63) is 48.0 Å². The van der Waals surface area contributed by atoms with Crippen LogP contribution in [0.5, 0.6) is 11.5 Å². The molecular weight excluding hydrogens is 402 g/mol. The zero-order chi connectivity index (χ0) is 21.6. The molecule has 156 valence electrons. The molecule has 0 aliphatic carbocycles. The van der Waals surface area contributed by atoms with Gasteiger partial charge < -0.3 is 18.9 Å². The van der Waals surface area contributed by atoms with E-state index in [9.17, 15) is 18.0 Å². The lowest BCUT2D eigenvalue weighted by Crippen LogP contribution is -2.36. The maximum atomic E-state index is 13.3. The van der Waals surface area contributed by atoms with Crippen molar-refractivity contribution in [2.75, 3.05) is 39.3 Å². The number of hydrogen-bond acceptors (Lipinski definition) is 8. The lowest BCUT2D eigenvalue weighted by molar-refractivity contribution is -0.138. The first-order chi connectivity index (χ1) is 13.8. The number of hydrogen-bond donors (Lipinski definition) is 0. The molecule has 2 aromatic carbocycles. The second kappa shape index (κ2) is 9.28. The molecule has 0 radical (unpaired) electrons. The van der Waals surface area contributed by atoms with E-state index in [0.717, 1.165) is 11.4 Å². The lowest BCUT2D eigenvalue weighted by Gasteiger charge is -2.24. The van der Waals surface area contributed by atoms with Crippen LogP contribution in [0.1, 0.15) is 10.4 Å². The normalized spacial score (nSPS) is 10.8. The molecule has 0 saturated heterocycles. The van der Waals surface area contributed by atoms with Gasteiger partial charge in [-0.15, -0.1) is 0 Å². The molecule has 0 aromatic heterocycles. The first-order valence-corrected chi connectivity index (χ1v) is 9.72. The monoisotopic (exact) mass is 423 g/mol. The predicted octanol–water partition coefficient (Wildman–Crippen LogP) is 1.86. The number of sulfonamides is 1. The van der Waals surface area contributed by atoms with Crippen LogP contribution in [-0.2, 0) is 24.3 Å². The minimum atomic E-state index is -4.17. The number of carbonyl (C=O) groups excluding carboxylic acids is 2. The molecule has 2 aromatic rings. The number of nitrogens with zero attached hydrogens (tertiary/aromatic N) is 1. The third-order valence-corrected chi connectivity index (χ3v) is 5.79. The van der Waals surface area contributed by atoms with Crippen LogP contribution in [0, 0.1) is 0 Å². The molecule has 2 rings (SSSR count). The van der Waals surface area contributed by atoms with Gasteiger partial charge in [0.1, 0.15) is 6.54 Å². The summed E-state index contributed by atoms with van der Waals surface area (Å²) in [5, 5.41) is 0. The number of rotatable bonds is 8. The number of anilines is 1. The van der Waals surface area contributed by atoms with Gasteiger partial charge in [0.25, 0.3) is 10.0 Å². The molecule has 0 N–H and O–H groups in total. The fraction of sp³-hybridized carbons (Fsp3) is 0.263. The van der Waals surface area contributed by atoms with Crippen LogP contribution < -0.4 is 13.8 Å². The molecule has 29 heavy (non-hydrogen) atoms. The van der Waals surface area contributed by atoms with Crippen molar-refractivity contribution in [1.82, 2.24) is 0 Å². The summed E-state index contributed by atoms with van der Waals surface area (Å²) < 4.78 is 46.9. The number of esters is 2. The van der Waals surface area contributed by atoms with Crippen LogP contribution in [0.2, 0.25) is 0 Å². The minimum Gasteiger partial charge on any atom is -0.493 e. The first kappa shape index (κ1) is 22.0. The SMILES string of the molecule is COC(=O)CN(c1ccc(C(=O)OC)cc1)S(=O)(=O)c1ccc(OC)c(OC)c1. The first-order valence-electron chi connectivity index (χ1n) is 8.28. The second-order valence-electron chi connectivity index (χ2n) is 5.64. The Morgan fingerprint density at radius 2 is 1.48 bits per heavy atom. The topological polar surface area (TPSA) is 108 Å². The summed E-state index contributed by atoms with van der Waals surface area (Å²) in [6.45, 7) is -0.565. The molecule has 0 aliphatic heterocycles. The highest BCUT2D eigenvalue weighted by Gasteiger charge is 2.29. The van der Waals surface area contributed by atoms with Gasteiger partial charge in [-0.2, -0.15) is 0 Å². The van der Waals surface area contributed by atoms with Gasteiger partial charge in [0.15, 0.2) is 11.5 Å². The average Bonchev–Trinajstić information content (AvgIpc) is 2.76. The summed E-state index contributed by atoms with van der Waals surface area (Å²) in [7, 11) is 1.03. The van der Waals surface area contributed by atoms with E-state index in [1.807, 2.05) is 0 Å². The van der Waals surface area contributed by atoms with Crippen LogP contribution >= 0.6 is 0 Å². The minimum absolute atomic E-state index is 0.115. The van der Waals surface area contributed by atoms with Gasteiger partial charge in [0.2, 0.25) is 0 Å². The Morgan fingerprint density at radius 1 is 0.862 bits per heavy atom. The van der Waals surface area contributed by atoms with E-state index < -0.39 is 28.5 Å². The van der Waals surface area contributed by atoms with Gasteiger partial charge in [0.05, 0.1) is 44.6 Å². The largest absolute Gasteiger partial charge is 0.493 e. The van der Waals surface area contributed by atoms with E-state index in [1.54, 1.807) is 0 Å². The predicted molar refractivity (Wildman–Crippen MR) is 104 cm³/mol. The molecule has 0 spiro atoms. The average molecular weight is 423 g/mol. The highest BCUT2D eigenvalue weighted by Crippen LogP contribution is 2.32. The summed E-state index contributed by atoms with van der Waals surface area (Å²) in [5.74, 6) is -0.758. The third-order valence-electron chi connectivity index (χ3n) is 4.02. The fourth-order valence-corrected chi connectivity index (χ4v) is 3.91. The summed E-state index contributed by atoms with van der Waals surface area (Å²) in [6, 6.07) is 9.67. The van der Waals surface area contributed by atoms with Crippen molar-refractivity contribution >= 4 is 27.6 Å². The van der Waals surface area contributed by atoms with Gasteiger partial charge in [-0.1, -0.05) is 0 Å². The van der Waals surface area contributed by atoms with Crippen LogP contribution in [0.4, 0.5) is 5.69 Å². The number of carbonyl (C=O) groups is 2. The standard InChI is InChI=1S/C19H21NO8S/c1-25-16-10-9-15(11-17(16)26-2)29(23,24)20(12-18(21)27-3)14-7-5-13(6-8-14)19(22)28-4/h5-11H,12H2,1-4H3. The van der Waals surface area contributed by atoms with Gasteiger partial charge in [0, 0.05) is 6.07 Å². The second-order valence-corrected chi connectivity index (χ2v) is 7.51. The van der Waals surface area contributed by atoms with E-state index in [4.69, 9.17) is 9.47 Å². The number of ether oxygens (including phenoxy) is 4. The maximum absolute atomic E-state index is 13.3. The van der Waals surface area contributed by atoms with E-state index in [1.165, 1.54) is 63.8 Å². The molecule has 0 heterocycles. The maximum Gasteiger partial charge on any atom is 0.337 e. The highest BCUT2D eigenvalue weighted by molar-refractivity contribution is 7.92. The Hall–Kier alpha value is -3.27. The Labute approximate surface area is 168 Å². The number of methoxy groups -OCH3 is 4. The molecule has 0 saturated carbocycles. The quantitative estimate of drug-likeness (QED) is 0.592. The molecule has 10 heteroatoms. The van der Waals surface area contributed by atoms with Crippen LogP contribution in [0.25, 0.3) is 0 Å². The van der Waals surface area contributed by atoms with Crippen LogP contribution in [0.15, 0.2) is 47.4 Å². The Morgan fingerprint density at radius 3 is 2.00 bits per heavy atom. The highest BCUT2D eigenvalue weighted by atomic mass is 32.2. The lowest BCUT2D eigenvalue weighted by atomic mass is 10.2. The van der Waals surface area contributed by atoms with Crippen molar-refractivity contribution in [2.24, 2.45) is 0 Å². The Kier molecular flexibility index (Phi) is 7.05. The third kappa shape index (κ3) is 4.77. The number of benzene rings is 2. The molecule has 0 amide bonds. The van der Waals surface area contributed by atoms with Gasteiger partial charge >= 0.3 is 11.9 Å². The van der Waals surface area contributed by atoms with Crippen molar-refractivity contribution in [1.29, 1.82) is 0 Å². The molecular formula is C19H21NO8S. The van der Waals surface area contributed by atoms with Crippen molar-refractivity contribution in [3.8, 4) is 11.5 Å². The Balaban J connectivity index is 2.53. The van der Waals surface area contributed by atoms with Crippen molar-refractivity contribution in [2.45, 2.75) is 4.90 Å². The summed E-state index contributed by atoms with van der Waals surface area (Å²) in [5.41, 5.74) is 0.399. The van der Waals surface area contributed by atoms with Crippen LogP contribution in [0.3, 0.4) is 0 Å². The zero-order valence-corrected chi connectivity index (χ0v) is 17.2. The van der Waals surface area contributed by atoms with E-state index in [2.05, 4.69) is 9.47 Å². The van der Waals surface area contributed by atoms with Crippen LogP contribution in [-0.4, -0.2) is 55.3 Å². The van der Waals surface area contributed by atoms with E-state index in [0.29, 0.717) is 5.75 Å². The smallest absolute Gasteiger partial charge is 0.337 e. The van der Waals surface area contributed by atoms with Crippen molar-refractivity contribution in [3.63, 3.8) is 0 Å². The van der Waals surface area contributed by atoms with Crippen molar-refractivity contribution < 1.29 is 37.0 Å². The molecule has 0 bridgehead atoms. The molecule has 9 nitrogen and oxygen atoms in total. The molecule has 0 fully saturated rings. The van der Waals surface area contributed by atoms with Gasteiger partial charge in [-0.25, -0.2) is 13.2 Å². The zero-order valence-electron chi connectivity index (χ0n) is 16.4.